The molecule has 5 heteroatoms. The quantitative estimate of drug-likeness (QED) is 0.917. The zero-order chi connectivity index (χ0) is 16.9. The second kappa shape index (κ2) is 7.17. The van der Waals surface area contributed by atoms with Crippen LogP contribution in [0.3, 0.4) is 0 Å². The lowest BCUT2D eigenvalue weighted by Crippen LogP contribution is -2.42. The van der Waals surface area contributed by atoms with Crippen LogP contribution >= 0.6 is 0 Å². The summed E-state index contributed by atoms with van der Waals surface area (Å²) in [5.74, 6) is 0.504. The van der Waals surface area contributed by atoms with Crippen molar-refractivity contribution < 1.29 is 14.3 Å². The zero-order valence-electron chi connectivity index (χ0n) is 13.6. The van der Waals surface area contributed by atoms with Gasteiger partial charge in [0.1, 0.15) is 11.8 Å². The van der Waals surface area contributed by atoms with E-state index < -0.39 is 6.04 Å². The Labute approximate surface area is 141 Å². The molecule has 0 saturated carbocycles. The minimum atomic E-state index is -0.455. The van der Waals surface area contributed by atoms with Gasteiger partial charge in [-0.1, -0.05) is 30.3 Å². The van der Waals surface area contributed by atoms with E-state index in [-0.39, 0.29) is 18.2 Å². The number of ether oxygens (including phenoxy) is 1. The highest BCUT2D eigenvalue weighted by atomic mass is 16.5. The van der Waals surface area contributed by atoms with Gasteiger partial charge >= 0.3 is 0 Å². The fourth-order valence-corrected chi connectivity index (χ4v) is 2.89. The molecule has 124 valence electrons. The van der Waals surface area contributed by atoms with Crippen LogP contribution in [0.4, 0.5) is 5.69 Å². The molecule has 2 amide bonds. The molecule has 5 nitrogen and oxygen atoms in total. The summed E-state index contributed by atoms with van der Waals surface area (Å²) in [4.78, 5) is 26.4. The van der Waals surface area contributed by atoms with Gasteiger partial charge in [0.15, 0.2) is 0 Å². The third kappa shape index (κ3) is 3.56. The average Bonchev–Trinajstić information content (AvgIpc) is 2.96. The van der Waals surface area contributed by atoms with Crippen LogP contribution in [-0.2, 0) is 16.0 Å². The largest absolute Gasteiger partial charge is 0.497 e. The van der Waals surface area contributed by atoms with Gasteiger partial charge in [0, 0.05) is 12.2 Å². The highest BCUT2D eigenvalue weighted by molar-refractivity contribution is 6.01. The Bertz CT molecular complexity index is 730. The number of hydrogen-bond donors (Lipinski definition) is 1. The van der Waals surface area contributed by atoms with E-state index >= 15 is 0 Å². The molecule has 1 saturated heterocycles. The number of anilines is 1. The molecular weight excluding hydrogens is 304 g/mol. The van der Waals surface area contributed by atoms with Gasteiger partial charge in [-0.05, 0) is 36.2 Å². The molecule has 1 fully saturated rings. The van der Waals surface area contributed by atoms with Crippen LogP contribution in [0.25, 0.3) is 0 Å². The van der Waals surface area contributed by atoms with E-state index in [1.165, 1.54) is 0 Å². The molecule has 24 heavy (non-hydrogen) atoms. The molecule has 0 aromatic heterocycles. The van der Waals surface area contributed by atoms with E-state index in [0.29, 0.717) is 18.7 Å². The molecule has 1 atom stereocenters. The summed E-state index contributed by atoms with van der Waals surface area (Å²) in [5, 5.41) is 2.84. The topological polar surface area (TPSA) is 58.6 Å². The fraction of sp³-hybridized carbons (Fsp3) is 0.263. The molecule has 0 bridgehead atoms. The Morgan fingerprint density at radius 3 is 2.75 bits per heavy atom. The molecule has 1 unspecified atom stereocenters. The van der Waals surface area contributed by atoms with Crippen molar-refractivity contribution in [1.82, 2.24) is 5.32 Å². The first-order chi connectivity index (χ1) is 11.7. The van der Waals surface area contributed by atoms with Gasteiger partial charge in [0.25, 0.3) is 0 Å². The molecular formula is C19H20N2O3. The normalized spacial score (nSPS) is 17.0. The molecule has 3 rings (SSSR count). The lowest BCUT2D eigenvalue weighted by Gasteiger charge is -2.17. The smallest absolute Gasteiger partial charge is 0.249 e. The summed E-state index contributed by atoms with van der Waals surface area (Å²) in [6.45, 7) is 0.618. The van der Waals surface area contributed by atoms with Crippen molar-refractivity contribution in [2.45, 2.75) is 18.9 Å². The summed E-state index contributed by atoms with van der Waals surface area (Å²) < 4.78 is 5.16. The number of methoxy groups -OCH3 is 1. The lowest BCUT2D eigenvalue weighted by molar-refractivity contribution is -0.126. The molecule has 1 N–H and O–H groups in total. The third-order valence-electron chi connectivity index (χ3n) is 4.11. The summed E-state index contributed by atoms with van der Waals surface area (Å²) in [6, 6.07) is 16.4. The van der Waals surface area contributed by atoms with Crippen LogP contribution in [0, 0.1) is 0 Å². The number of para-hydroxylation sites is 1. The lowest BCUT2D eigenvalue weighted by atomic mass is 10.1. The van der Waals surface area contributed by atoms with Crippen molar-refractivity contribution in [3.05, 3.63) is 60.2 Å². The number of rotatable bonds is 5. The fourth-order valence-electron chi connectivity index (χ4n) is 2.89. The number of benzene rings is 2. The predicted molar refractivity (Wildman–Crippen MR) is 92.0 cm³/mol. The van der Waals surface area contributed by atoms with Gasteiger partial charge in [-0.15, -0.1) is 0 Å². The number of nitrogens with one attached hydrogen (secondary N) is 1. The van der Waals surface area contributed by atoms with E-state index in [9.17, 15) is 9.59 Å². The third-order valence-corrected chi connectivity index (χ3v) is 4.11. The maximum absolute atomic E-state index is 12.5. The van der Waals surface area contributed by atoms with Crippen LogP contribution < -0.4 is 15.0 Å². The predicted octanol–water partition coefficient (Wildman–Crippen LogP) is 2.16. The number of carbonyl (C=O) groups excluding carboxylic acids is 2. The second-order valence-corrected chi connectivity index (χ2v) is 5.76. The Morgan fingerprint density at radius 2 is 2.00 bits per heavy atom. The van der Waals surface area contributed by atoms with Gasteiger partial charge < -0.3 is 15.0 Å². The van der Waals surface area contributed by atoms with Crippen molar-refractivity contribution in [1.29, 1.82) is 0 Å². The van der Waals surface area contributed by atoms with Gasteiger partial charge in [0.2, 0.25) is 11.8 Å². The monoisotopic (exact) mass is 324 g/mol. The molecule has 2 aromatic carbocycles. The Morgan fingerprint density at radius 1 is 1.21 bits per heavy atom. The Hall–Kier alpha value is -2.82. The SMILES string of the molecule is COc1cccc(CC(=O)NC2CCN(c3ccccc3)C2=O)c1. The summed E-state index contributed by atoms with van der Waals surface area (Å²) in [7, 11) is 1.59. The molecule has 1 aliphatic heterocycles. The molecule has 0 radical (unpaired) electrons. The van der Waals surface area contributed by atoms with E-state index in [1.807, 2.05) is 54.6 Å². The van der Waals surface area contributed by atoms with E-state index in [0.717, 1.165) is 11.3 Å². The van der Waals surface area contributed by atoms with Crippen molar-refractivity contribution in [3.63, 3.8) is 0 Å². The van der Waals surface area contributed by atoms with Crippen molar-refractivity contribution in [2.75, 3.05) is 18.6 Å². The maximum atomic E-state index is 12.5. The average molecular weight is 324 g/mol. The standard InChI is InChI=1S/C19H20N2O3/c1-24-16-9-5-6-14(12-16)13-18(22)20-17-10-11-21(19(17)23)15-7-3-2-4-8-15/h2-9,12,17H,10-11,13H2,1H3,(H,20,22). The van der Waals surface area contributed by atoms with Gasteiger partial charge in [-0.2, -0.15) is 0 Å². The van der Waals surface area contributed by atoms with Gasteiger partial charge in [-0.25, -0.2) is 0 Å². The maximum Gasteiger partial charge on any atom is 0.249 e. The van der Waals surface area contributed by atoms with Crippen LogP contribution in [0.1, 0.15) is 12.0 Å². The van der Waals surface area contributed by atoms with E-state index in [1.54, 1.807) is 12.0 Å². The number of amides is 2. The summed E-state index contributed by atoms with van der Waals surface area (Å²) in [6.07, 6.45) is 0.851. The minimum Gasteiger partial charge on any atom is -0.497 e. The Kier molecular flexibility index (Phi) is 4.79. The number of carbonyl (C=O) groups is 2. The molecule has 0 spiro atoms. The van der Waals surface area contributed by atoms with Crippen molar-refractivity contribution in [2.24, 2.45) is 0 Å². The van der Waals surface area contributed by atoms with Crippen LogP contribution in [0.5, 0.6) is 5.75 Å². The van der Waals surface area contributed by atoms with E-state index in [4.69, 9.17) is 4.74 Å². The van der Waals surface area contributed by atoms with Crippen molar-refractivity contribution >= 4 is 17.5 Å². The van der Waals surface area contributed by atoms with Gasteiger partial charge in [0.05, 0.1) is 13.5 Å². The van der Waals surface area contributed by atoms with E-state index in [2.05, 4.69) is 5.32 Å². The van der Waals surface area contributed by atoms with Crippen LogP contribution in [0.2, 0.25) is 0 Å². The van der Waals surface area contributed by atoms with Crippen LogP contribution in [0.15, 0.2) is 54.6 Å². The minimum absolute atomic E-state index is 0.0554. The summed E-state index contributed by atoms with van der Waals surface area (Å²) >= 11 is 0. The first-order valence-electron chi connectivity index (χ1n) is 7.96. The first-order valence-corrected chi connectivity index (χ1v) is 7.96. The Balaban J connectivity index is 1.60. The van der Waals surface area contributed by atoms with Crippen LogP contribution in [-0.4, -0.2) is 31.5 Å². The molecule has 1 aliphatic rings. The number of nitrogens with zero attached hydrogens (tertiary/aromatic N) is 1. The zero-order valence-corrected chi connectivity index (χ0v) is 13.6. The van der Waals surface area contributed by atoms with Crippen molar-refractivity contribution in [3.8, 4) is 5.75 Å². The first kappa shape index (κ1) is 16.1. The highest BCUT2D eigenvalue weighted by Crippen LogP contribution is 2.21. The summed E-state index contributed by atoms with van der Waals surface area (Å²) in [5.41, 5.74) is 1.73. The highest BCUT2D eigenvalue weighted by Gasteiger charge is 2.33. The number of hydrogen-bond acceptors (Lipinski definition) is 3. The molecule has 0 aliphatic carbocycles. The second-order valence-electron chi connectivity index (χ2n) is 5.76. The van der Waals surface area contributed by atoms with Gasteiger partial charge in [-0.3, -0.25) is 9.59 Å². The molecule has 1 heterocycles. The molecule has 2 aromatic rings.